The molecular weight excluding hydrogens is 283 g/mol. The second-order valence-corrected chi connectivity index (χ2v) is 5.35. The molecule has 0 aromatic heterocycles. The van der Waals surface area contributed by atoms with Crippen LogP contribution in [0.4, 0.5) is 22.0 Å². The Morgan fingerprint density at radius 1 is 1.15 bits per heavy atom. The minimum Gasteiger partial charge on any atom is -0.337 e. The van der Waals surface area contributed by atoms with E-state index in [1.165, 1.54) is 0 Å². The molecule has 0 aromatic carbocycles. The molecule has 1 fully saturated rings. The Morgan fingerprint density at radius 2 is 1.60 bits per heavy atom. The fraction of sp³-hybridized carbons (Fsp3) is 0.917. The van der Waals surface area contributed by atoms with Crippen LogP contribution in [-0.2, 0) is 4.79 Å². The van der Waals surface area contributed by atoms with Crippen LogP contribution < -0.4 is 0 Å². The van der Waals surface area contributed by atoms with Crippen LogP contribution in [0.1, 0.15) is 26.7 Å². The maximum atomic E-state index is 13.0. The maximum Gasteiger partial charge on any atom is 0.463 e. The SMILES string of the molecule is CC(C)N1CCC(N(C)C(=O)C(F)(F)C(F)(F)F)CC1. The quantitative estimate of drug-likeness (QED) is 0.748. The van der Waals surface area contributed by atoms with Gasteiger partial charge in [-0.3, -0.25) is 4.79 Å². The fourth-order valence-electron chi connectivity index (χ4n) is 2.30. The molecule has 1 amide bonds. The van der Waals surface area contributed by atoms with Gasteiger partial charge in [0, 0.05) is 32.2 Å². The molecule has 1 heterocycles. The van der Waals surface area contributed by atoms with E-state index >= 15 is 0 Å². The number of piperidine rings is 1. The predicted molar refractivity (Wildman–Crippen MR) is 63.5 cm³/mol. The van der Waals surface area contributed by atoms with Crippen molar-refractivity contribution in [1.29, 1.82) is 0 Å². The minimum atomic E-state index is -5.85. The molecule has 0 aliphatic carbocycles. The lowest BCUT2D eigenvalue weighted by molar-refractivity contribution is -0.274. The Hall–Kier alpha value is -0.920. The second kappa shape index (κ2) is 5.83. The van der Waals surface area contributed by atoms with Gasteiger partial charge in [-0.25, -0.2) is 0 Å². The first kappa shape index (κ1) is 17.1. The molecule has 8 heteroatoms. The zero-order valence-electron chi connectivity index (χ0n) is 11.7. The lowest BCUT2D eigenvalue weighted by Crippen LogP contribution is -2.55. The molecule has 1 aliphatic heterocycles. The summed E-state index contributed by atoms with van der Waals surface area (Å²) in [6.45, 7) is 5.12. The first-order valence-electron chi connectivity index (χ1n) is 6.44. The Kier molecular flexibility index (Phi) is 4.99. The van der Waals surface area contributed by atoms with Gasteiger partial charge in [-0.05, 0) is 26.7 Å². The summed E-state index contributed by atoms with van der Waals surface area (Å²) in [4.78, 5) is 14.0. The van der Waals surface area contributed by atoms with Gasteiger partial charge in [0.1, 0.15) is 0 Å². The van der Waals surface area contributed by atoms with Crippen LogP contribution in [0.25, 0.3) is 0 Å². The third-order valence-electron chi connectivity index (χ3n) is 3.72. The molecule has 0 spiro atoms. The number of alkyl halides is 5. The van der Waals surface area contributed by atoms with Crippen molar-refractivity contribution in [2.45, 2.75) is 50.9 Å². The van der Waals surface area contributed by atoms with Gasteiger partial charge in [-0.15, -0.1) is 0 Å². The molecule has 0 unspecified atom stereocenters. The lowest BCUT2D eigenvalue weighted by atomic mass is 10.0. The summed E-state index contributed by atoms with van der Waals surface area (Å²) in [5, 5.41) is 0. The number of carbonyl (C=O) groups excluding carboxylic acids is 1. The van der Waals surface area contributed by atoms with E-state index in [0.29, 0.717) is 30.8 Å². The Balaban J connectivity index is 2.68. The highest BCUT2D eigenvalue weighted by Gasteiger charge is 2.64. The van der Waals surface area contributed by atoms with Gasteiger partial charge in [-0.1, -0.05) is 0 Å². The molecule has 1 rings (SSSR count). The maximum absolute atomic E-state index is 13.0. The molecular formula is C12H19F5N2O. The van der Waals surface area contributed by atoms with Crippen LogP contribution in [0, 0.1) is 0 Å². The Bertz CT molecular complexity index is 348. The van der Waals surface area contributed by atoms with Crippen molar-refractivity contribution in [2.75, 3.05) is 20.1 Å². The van der Waals surface area contributed by atoms with E-state index in [1.54, 1.807) is 0 Å². The van der Waals surface area contributed by atoms with Crippen molar-refractivity contribution < 1.29 is 26.7 Å². The van der Waals surface area contributed by atoms with Gasteiger partial charge in [-0.2, -0.15) is 22.0 Å². The third-order valence-corrected chi connectivity index (χ3v) is 3.72. The van der Waals surface area contributed by atoms with Gasteiger partial charge in [0.25, 0.3) is 0 Å². The highest BCUT2D eigenvalue weighted by atomic mass is 19.4. The number of nitrogens with zero attached hydrogens (tertiary/aromatic N) is 2. The number of halogens is 5. The number of carbonyl (C=O) groups is 1. The first-order valence-corrected chi connectivity index (χ1v) is 6.44. The molecule has 0 radical (unpaired) electrons. The fourth-order valence-corrected chi connectivity index (χ4v) is 2.30. The third kappa shape index (κ3) is 3.39. The van der Waals surface area contributed by atoms with E-state index < -0.39 is 24.0 Å². The van der Waals surface area contributed by atoms with Gasteiger partial charge in [0.2, 0.25) is 0 Å². The topological polar surface area (TPSA) is 23.6 Å². The van der Waals surface area contributed by atoms with E-state index in [1.807, 2.05) is 13.8 Å². The molecule has 20 heavy (non-hydrogen) atoms. The largest absolute Gasteiger partial charge is 0.463 e. The van der Waals surface area contributed by atoms with Crippen molar-refractivity contribution in [3.63, 3.8) is 0 Å². The van der Waals surface area contributed by atoms with Crippen LogP contribution in [0.5, 0.6) is 0 Å². The van der Waals surface area contributed by atoms with Crippen molar-refractivity contribution >= 4 is 5.91 Å². The summed E-state index contributed by atoms with van der Waals surface area (Å²) in [5.41, 5.74) is 0. The number of hydrogen-bond donors (Lipinski definition) is 0. The zero-order chi connectivity index (χ0) is 15.7. The number of likely N-dealkylation sites (tertiary alicyclic amines) is 1. The highest BCUT2D eigenvalue weighted by molar-refractivity contribution is 5.84. The Morgan fingerprint density at radius 3 is 1.95 bits per heavy atom. The van der Waals surface area contributed by atoms with Crippen LogP contribution in [0.3, 0.4) is 0 Å². The van der Waals surface area contributed by atoms with Crippen LogP contribution >= 0.6 is 0 Å². The average molecular weight is 302 g/mol. The lowest BCUT2D eigenvalue weighted by Gasteiger charge is -2.39. The first-order chi connectivity index (χ1) is 8.98. The standard InChI is InChI=1S/C12H19F5N2O/c1-8(2)19-6-4-9(5-7-19)18(3)10(20)11(13,14)12(15,16)17/h8-9H,4-7H2,1-3H3. The minimum absolute atomic E-state index is 0.286. The summed E-state index contributed by atoms with van der Waals surface area (Å²) in [7, 11) is 1.01. The van der Waals surface area contributed by atoms with Crippen molar-refractivity contribution in [3.8, 4) is 0 Å². The normalized spacial score (nSPS) is 19.4. The Labute approximate surface area is 114 Å². The van der Waals surface area contributed by atoms with Gasteiger partial charge in [0.15, 0.2) is 0 Å². The summed E-state index contributed by atoms with van der Waals surface area (Å²) < 4.78 is 62.5. The van der Waals surface area contributed by atoms with E-state index in [-0.39, 0.29) is 6.04 Å². The molecule has 0 N–H and O–H groups in total. The number of rotatable bonds is 3. The molecule has 3 nitrogen and oxygen atoms in total. The van der Waals surface area contributed by atoms with Crippen molar-refractivity contribution in [3.05, 3.63) is 0 Å². The molecule has 0 atom stereocenters. The molecule has 0 bridgehead atoms. The van der Waals surface area contributed by atoms with Gasteiger partial charge >= 0.3 is 18.0 Å². The van der Waals surface area contributed by atoms with E-state index in [0.717, 1.165) is 7.05 Å². The smallest absolute Gasteiger partial charge is 0.337 e. The highest BCUT2D eigenvalue weighted by Crippen LogP contribution is 2.37. The second-order valence-electron chi connectivity index (χ2n) is 5.35. The molecule has 1 aliphatic rings. The van der Waals surface area contributed by atoms with E-state index in [4.69, 9.17) is 0 Å². The summed E-state index contributed by atoms with van der Waals surface area (Å²) in [6.07, 6.45) is -5.06. The zero-order valence-corrected chi connectivity index (χ0v) is 11.7. The molecule has 0 saturated carbocycles. The molecule has 0 aromatic rings. The molecule has 118 valence electrons. The average Bonchev–Trinajstić information content (AvgIpc) is 2.35. The molecule has 1 saturated heterocycles. The summed E-state index contributed by atoms with van der Waals surface area (Å²) in [5.74, 6) is -7.50. The predicted octanol–water partition coefficient (Wildman–Crippen LogP) is 2.52. The van der Waals surface area contributed by atoms with Crippen LogP contribution in [0.2, 0.25) is 0 Å². The summed E-state index contributed by atoms with van der Waals surface area (Å²) >= 11 is 0. The van der Waals surface area contributed by atoms with Crippen molar-refractivity contribution in [2.24, 2.45) is 0 Å². The van der Waals surface area contributed by atoms with Gasteiger partial charge < -0.3 is 9.80 Å². The van der Waals surface area contributed by atoms with Crippen LogP contribution in [-0.4, -0.2) is 60.0 Å². The van der Waals surface area contributed by atoms with E-state index in [2.05, 4.69) is 4.90 Å². The number of hydrogen-bond acceptors (Lipinski definition) is 2. The monoisotopic (exact) mass is 302 g/mol. The summed E-state index contributed by atoms with van der Waals surface area (Å²) in [6, 6.07) is -0.292. The van der Waals surface area contributed by atoms with Gasteiger partial charge in [0.05, 0.1) is 0 Å². The van der Waals surface area contributed by atoms with Crippen LogP contribution in [0.15, 0.2) is 0 Å². The van der Waals surface area contributed by atoms with Crippen molar-refractivity contribution in [1.82, 2.24) is 9.80 Å². The number of amides is 1. The van der Waals surface area contributed by atoms with E-state index in [9.17, 15) is 26.7 Å².